The van der Waals surface area contributed by atoms with Crippen molar-refractivity contribution in [2.45, 2.75) is 39.0 Å². The van der Waals surface area contributed by atoms with E-state index in [2.05, 4.69) is 12.2 Å². The van der Waals surface area contributed by atoms with Gasteiger partial charge in [-0.3, -0.25) is 0 Å². The van der Waals surface area contributed by atoms with Gasteiger partial charge < -0.3 is 15.8 Å². The topological polar surface area (TPSA) is 64.3 Å². The standard InChI is InChI=1S/C17H26N2O2/c1-12-3-5-13(6-4-12)9-10-19-16-8-7-14(18)11-15(16)17(20)21-2/h7-8,11-13,19H,3-6,9-10,18H2,1-2H3. The van der Waals surface area contributed by atoms with Crippen LogP contribution in [0.3, 0.4) is 0 Å². The van der Waals surface area contributed by atoms with E-state index in [9.17, 15) is 4.79 Å². The minimum Gasteiger partial charge on any atom is -0.465 e. The third kappa shape index (κ3) is 4.38. The highest BCUT2D eigenvalue weighted by Crippen LogP contribution is 2.30. The van der Waals surface area contributed by atoms with Gasteiger partial charge in [0.05, 0.1) is 12.7 Å². The summed E-state index contributed by atoms with van der Waals surface area (Å²) >= 11 is 0. The number of carbonyl (C=O) groups excluding carboxylic acids is 1. The first-order chi connectivity index (χ1) is 10.1. The second-order valence-corrected chi connectivity index (χ2v) is 6.14. The van der Waals surface area contributed by atoms with Gasteiger partial charge in [0.2, 0.25) is 0 Å². The summed E-state index contributed by atoms with van der Waals surface area (Å²) in [5, 5.41) is 3.36. The molecule has 1 fully saturated rings. The van der Waals surface area contributed by atoms with Gasteiger partial charge in [-0.15, -0.1) is 0 Å². The summed E-state index contributed by atoms with van der Waals surface area (Å²) in [5.41, 5.74) is 7.63. The van der Waals surface area contributed by atoms with Crippen LogP contribution in [-0.2, 0) is 4.74 Å². The Kier molecular flexibility index (Phi) is 5.48. The van der Waals surface area contributed by atoms with Crippen LogP contribution in [0, 0.1) is 11.8 Å². The van der Waals surface area contributed by atoms with Gasteiger partial charge in [-0.1, -0.05) is 32.6 Å². The number of hydrogen-bond donors (Lipinski definition) is 2. The van der Waals surface area contributed by atoms with Gasteiger partial charge in [-0.2, -0.15) is 0 Å². The zero-order chi connectivity index (χ0) is 15.2. The van der Waals surface area contributed by atoms with Crippen LogP contribution >= 0.6 is 0 Å². The predicted octanol–water partition coefficient (Wildman–Crippen LogP) is 3.68. The first-order valence-electron chi connectivity index (χ1n) is 7.82. The van der Waals surface area contributed by atoms with Crippen LogP contribution in [0.15, 0.2) is 18.2 Å². The largest absolute Gasteiger partial charge is 0.465 e. The van der Waals surface area contributed by atoms with Gasteiger partial charge in [0.1, 0.15) is 0 Å². The molecule has 1 aromatic carbocycles. The number of benzene rings is 1. The number of carbonyl (C=O) groups is 1. The fourth-order valence-electron chi connectivity index (χ4n) is 3.02. The average Bonchev–Trinajstić information content (AvgIpc) is 2.50. The Morgan fingerprint density at radius 1 is 1.33 bits per heavy atom. The lowest BCUT2D eigenvalue weighted by atomic mass is 9.81. The molecule has 0 unspecified atom stereocenters. The molecule has 0 saturated heterocycles. The molecule has 1 saturated carbocycles. The molecule has 1 aliphatic carbocycles. The van der Waals surface area contributed by atoms with Crippen molar-refractivity contribution in [1.82, 2.24) is 0 Å². The van der Waals surface area contributed by atoms with Crippen molar-refractivity contribution >= 4 is 17.3 Å². The molecule has 4 nitrogen and oxygen atoms in total. The van der Waals surface area contributed by atoms with E-state index in [4.69, 9.17) is 10.5 Å². The fraction of sp³-hybridized carbons (Fsp3) is 0.588. The van der Waals surface area contributed by atoms with Gasteiger partial charge in [0, 0.05) is 17.9 Å². The van der Waals surface area contributed by atoms with Crippen LogP contribution in [0.5, 0.6) is 0 Å². The summed E-state index contributed by atoms with van der Waals surface area (Å²) < 4.78 is 4.81. The van der Waals surface area contributed by atoms with Gasteiger partial charge in [-0.05, 0) is 36.5 Å². The predicted molar refractivity (Wildman–Crippen MR) is 86.4 cm³/mol. The molecule has 116 valence electrons. The van der Waals surface area contributed by atoms with E-state index in [1.54, 1.807) is 12.1 Å². The Hall–Kier alpha value is -1.71. The summed E-state index contributed by atoms with van der Waals surface area (Å²) in [5.74, 6) is 1.34. The van der Waals surface area contributed by atoms with E-state index in [0.717, 1.165) is 30.5 Å². The maximum atomic E-state index is 11.8. The van der Waals surface area contributed by atoms with E-state index in [-0.39, 0.29) is 5.97 Å². The molecule has 0 spiro atoms. The Bertz CT molecular complexity index is 480. The SMILES string of the molecule is COC(=O)c1cc(N)ccc1NCCC1CCC(C)CC1. The molecule has 21 heavy (non-hydrogen) atoms. The van der Waals surface area contributed by atoms with Crippen molar-refractivity contribution < 1.29 is 9.53 Å². The Morgan fingerprint density at radius 3 is 2.71 bits per heavy atom. The molecular formula is C17H26N2O2. The number of esters is 1. The number of rotatable bonds is 5. The smallest absolute Gasteiger partial charge is 0.340 e. The zero-order valence-corrected chi connectivity index (χ0v) is 13.0. The second kappa shape index (κ2) is 7.34. The van der Waals surface area contributed by atoms with Crippen molar-refractivity contribution in [3.8, 4) is 0 Å². The molecule has 0 aliphatic heterocycles. The minimum atomic E-state index is -0.351. The lowest BCUT2D eigenvalue weighted by Crippen LogP contribution is -2.16. The number of nitrogens with two attached hydrogens (primary N) is 1. The summed E-state index contributed by atoms with van der Waals surface area (Å²) in [7, 11) is 1.39. The monoisotopic (exact) mass is 290 g/mol. The van der Waals surface area contributed by atoms with Crippen molar-refractivity contribution in [3.05, 3.63) is 23.8 Å². The summed E-state index contributed by atoms with van der Waals surface area (Å²) in [6.07, 6.45) is 6.50. The molecule has 0 bridgehead atoms. The van der Waals surface area contributed by atoms with Crippen molar-refractivity contribution in [1.29, 1.82) is 0 Å². The summed E-state index contributed by atoms with van der Waals surface area (Å²) in [4.78, 5) is 11.8. The van der Waals surface area contributed by atoms with E-state index in [1.165, 1.54) is 32.8 Å². The van der Waals surface area contributed by atoms with Crippen LogP contribution < -0.4 is 11.1 Å². The first kappa shape index (κ1) is 15.7. The van der Waals surface area contributed by atoms with Crippen LogP contribution in [0.1, 0.15) is 49.4 Å². The molecule has 0 atom stereocenters. The van der Waals surface area contributed by atoms with E-state index >= 15 is 0 Å². The number of nitrogens with one attached hydrogen (secondary N) is 1. The number of nitrogen functional groups attached to an aromatic ring is 1. The van der Waals surface area contributed by atoms with Gasteiger partial charge >= 0.3 is 5.97 Å². The number of methoxy groups -OCH3 is 1. The Balaban J connectivity index is 1.89. The van der Waals surface area contributed by atoms with Crippen LogP contribution in [0.2, 0.25) is 0 Å². The Labute approximate surface area is 127 Å². The molecule has 4 heteroatoms. The lowest BCUT2D eigenvalue weighted by molar-refractivity contribution is 0.0602. The van der Waals surface area contributed by atoms with E-state index in [1.807, 2.05) is 6.07 Å². The van der Waals surface area contributed by atoms with Crippen LogP contribution in [-0.4, -0.2) is 19.6 Å². The number of ether oxygens (including phenoxy) is 1. The molecule has 0 radical (unpaired) electrons. The molecular weight excluding hydrogens is 264 g/mol. The van der Waals surface area contributed by atoms with Crippen molar-refractivity contribution in [3.63, 3.8) is 0 Å². The zero-order valence-electron chi connectivity index (χ0n) is 13.0. The molecule has 0 aromatic heterocycles. The maximum Gasteiger partial charge on any atom is 0.340 e. The highest BCUT2D eigenvalue weighted by atomic mass is 16.5. The van der Waals surface area contributed by atoms with Crippen molar-refractivity contribution in [2.75, 3.05) is 24.7 Å². The van der Waals surface area contributed by atoms with Crippen LogP contribution in [0.4, 0.5) is 11.4 Å². The molecule has 0 amide bonds. The number of anilines is 2. The van der Waals surface area contributed by atoms with Crippen molar-refractivity contribution in [2.24, 2.45) is 11.8 Å². The summed E-state index contributed by atoms with van der Waals surface area (Å²) in [6, 6.07) is 5.32. The van der Waals surface area contributed by atoms with Gasteiger partial charge in [0.25, 0.3) is 0 Å². The second-order valence-electron chi connectivity index (χ2n) is 6.14. The highest BCUT2D eigenvalue weighted by molar-refractivity contribution is 5.96. The highest BCUT2D eigenvalue weighted by Gasteiger charge is 2.18. The molecule has 2 rings (SSSR count). The van der Waals surface area contributed by atoms with Gasteiger partial charge in [-0.25, -0.2) is 4.79 Å². The molecule has 1 aromatic rings. The number of hydrogen-bond acceptors (Lipinski definition) is 4. The fourth-order valence-corrected chi connectivity index (χ4v) is 3.02. The third-order valence-electron chi connectivity index (χ3n) is 4.45. The first-order valence-corrected chi connectivity index (χ1v) is 7.82. The quantitative estimate of drug-likeness (QED) is 0.641. The molecule has 3 N–H and O–H groups in total. The normalized spacial score (nSPS) is 21.8. The van der Waals surface area contributed by atoms with E-state index in [0.29, 0.717) is 11.3 Å². The third-order valence-corrected chi connectivity index (χ3v) is 4.45. The van der Waals surface area contributed by atoms with Crippen LogP contribution in [0.25, 0.3) is 0 Å². The maximum absolute atomic E-state index is 11.8. The molecule has 1 aliphatic rings. The molecule has 0 heterocycles. The van der Waals surface area contributed by atoms with Gasteiger partial charge in [0.15, 0.2) is 0 Å². The summed E-state index contributed by atoms with van der Waals surface area (Å²) in [6.45, 7) is 3.22. The Morgan fingerprint density at radius 2 is 2.05 bits per heavy atom. The van der Waals surface area contributed by atoms with E-state index < -0.39 is 0 Å². The lowest BCUT2D eigenvalue weighted by Gasteiger charge is -2.26. The minimum absolute atomic E-state index is 0.351. The average molecular weight is 290 g/mol.